The molecule has 1 fully saturated rings. The van der Waals surface area contributed by atoms with Gasteiger partial charge in [-0.05, 0) is 43.4 Å². The van der Waals surface area contributed by atoms with Gasteiger partial charge < -0.3 is 11.1 Å². The van der Waals surface area contributed by atoms with Crippen molar-refractivity contribution in [1.82, 2.24) is 5.32 Å². The third-order valence-electron chi connectivity index (χ3n) is 5.58. The maximum atomic E-state index is 13.1. The molecule has 3 N–H and O–H groups in total. The van der Waals surface area contributed by atoms with Crippen LogP contribution in [0.3, 0.4) is 0 Å². The Morgan fingerprint density at radius 1 is 1.26 bits per heavy atom. The summed E-state index contributed by atoms with van der Waals surface area (Å²) in [7, 11) is 0. The van der Waals surface area contributed by atoms with Gasteiger partial charge in [0.25, 0.3) is 0 Å². The number of carbonyl (C=O) groups is 1. The second-order valence-electron chi connectivity index (χ2n) is 6.52. The number of carbonyl (C=O) groups excluding carboxylic acids is 1. The molecule has 1 aliphatic carbocycles. The highest BCUT2D eigenvalue weighted by Gasteiger charge is 2.41. The SMILES string of the molecule is CCC(CC)(CN)C(=O)NCC1(c2ccc(F)cc2)CCC1.Cl. The number of hydrogen-bond donors (Lipinski definition) is 2. The Hall–Kier alpha value is -1.13. The Morgan fingerprint density at radius 2 is 1.83 bits per heavy atom. The number of amides is 1. The lowest BCUT2D eigenvalue weighted by Crippen LogP contribution is -2.51. The zero-order chi connectivity index (χ0) is 16.2. The number of nitrogens with one attached hydrogen (secondary N) is 1. The lowest BCUT2D eigenvalue weighted by Gasteiger charge is -2.43. The number of hydrogen-bond acceptors (Lipinski definition) is 2. The Kier molecular flexibility index (Phi) is 7.02. The molecule has 0 atom stereocenters. The fourth-order valence-electron chi connectivity index (χ4n) is 3.36. The second-order valence-corrected chi connectivity index (χ2v) is 6.52. The maximum Gasteiger partial charge on any atom is 0.227 e. The van der Waals surface area contributed by atoms with Gasteiger partial charge in [-0.1, -0.05) is 32.4 Å². The molecule has 1 aliphatic rings. The van der Waals surface area contributed by atoms with E-state index >= 15 is 0 Å². The first kappa shape index (κ1) is 19.9. The normalized spacial score (nSPS) is 16.2. The molecule has 0 aromatic heterocycles. The third-order valence-corrected chi connectivity index (χ3v) is 5.58. The molecule has 5 heteroatoms. The predicted octanol–water partition coefficient (Wildman–Crippen LogP) is 3.55. The first-order chi connectivity index (χ1) is 10.5. The number of benzene rings is 1. The topological polar surface area (TPSA) is 55.1 Å². The van der Waals surface area contributed by atoms with Crippen LogP contribution in [-0.2, 0) is 10.2 Å². The summed E-state index contributed by atoms with van der Waals surface area (Å²) in [5.41, 5.74) is 6.46. The minimum absolute atomic E-state index is 0. The van der Waals surface area contributed by atoms with E-state index in [1.165, 1.54) is 12.1 Å². The summed E-state index contributed by atoms with van der Waals surface area (Å²) in [4.78, 5) is 12.6. The molecule has 0 bridgehead atoms. The highest BCUT2D eigenvalue weighted by Crippen LogP contribution is 2.43. The van der Waals surface area contributed by atoms with Gasteiger partial charge in [-0.15, -0.1) is 12.4 Å². The van der Waals surface area contributed by atoms with Crippen LogP contribution >= 0.6 is 12.4 Å². The molecule has 0 saturated heterocycles. The largest absolute Gasteiger partial charge is 0.355 e. The molecule has 1 aromatic rings. The van der Waals surface area contributed by atoms with Gasteiger partial charge in [-0.25, -0.2) is 4.39 Å². The fraction of sp³-hybridized carbons (Fsp3) is 0.611. The van der Waals surface area contributed by atoms with Crippen LogP contribution in [0.2, 0.25) is 0 Å². The van der Waals surface area contributed by atoms with Crippen molar-refractivity contribution in [2.24, 2.45) is 11.1 Å². The lowest BCUT2D eigenvalue weighted by atomic mass is 9.64. The van der Waals surface area contributed by atoms with Gasteiger partial charge in [0.05, 0.1) is 5.41 Å². The average Bonchev–Trinajstić information content (AvgIpc) is 2.50. The number of halogens is 2. The van der Waals surface area contributed by atoms with Gasteiger partial charge in [-0.3, -0.25) is 4.79 Å². The average molecular weight is 343 g/mol. The summed E-state index contributed by atoms with van der Waals surface area (Å²) in [6.07, 6.45) is 4.71. The summed E-state index contributed by atoms with van der Waals surface area (Å²) in [5, 5.41) is 3.12. The van der Waals surface area contributed by atoms with Gasteiger partial charge in [0.15, 0.2) is 0 Å². The van der Waals surface area contributed by atoms with E-state index in [9.17, 15) is 9.18 Å². The maximum absolute atomic E-state index is 13.1. The quantitative estimate of drug-likeness (QED) is 0.796. The molecule has 0 spiro atoms. The van der Waals surface area contributed by atoms with E-state index in [4.69, 9.17) is 5.73 Å². The second kappa shape index (κ2) is 8.11. The molecule has 130 valence electrons. The molecule has 0 radical (unpaired) electrons. The summed E-state index contributed by atoms with van der Waals surface area (Å²) < 4.78 is 13.1. The minimum atomic E-state index is -0.465. The van der Waals surface area contributed by atoms with Crippen molar-refractivity contribution in [3.05, 3.63) is 35.6 Å². The summed E-state index contributed by atoms with van der Waals surface area (Å²) in [6, 6.07) is 6.69. The van der Waals surface area contributed by atoms with Crippen molar-refractivity contribution in [2.75, 3.05) is 13.1 Å². The molecule has 1 aromatic carbocycles. The van der Waals surface area contributed by atoms with Gasteiger partial charge in [0, 0.05) is 18.5 Å². The molecular formula is C18H28ClFN2O. The summed E-state index contributed by atoms with van der Waals surface area (Å²) in [6.45, 7) is 5.00. The van der Waals surface area contributed by atoms with Gasteiger partial charge >= 0.3 is 0 Å². The van der Waals surface area contributed by atoms with Crippen LogP contribution in [-0.4, -0.2) is 19.0 Å². The van der Waals surface area contributed by atoms with Crippen LogP contribution < -0.4 is 11.1 Å². The molecule has 2 rings (SSSR count). The molecule has 23 heavy (non-hydrogen) atoms. The van der Waals surface area contributed by atoms with Crippen LogP contribution in [0.5, 0.6) is 0 Å². The highest BCUT2D eigenvalue weighted by molar-refractivity contribution is 5.85. The van der Waals surface area contributed by atoms with E-state index < -0.39 is 5.41 Å². The smallest absolute Gasteiger partial charge is 0.227 e. The molecule has 0 unspecified atom stereocenters. The molecule has 3 nitrogen and oxygen atoms in total. The Labute approximate surface area is 144 Å². The van der Waals surface area contributed by atoms with Gasteiger partial charge in [0.1, 0.15) is 5.82 Å². The van der Waals surface area contributed by atoms with E-state index in [2.05, 4.69) is 5.32 Å². The van der Waals surface area contributed by atoms with Gasteiger partial charge in [-0.2, -0.15) is 0 Å². The van der Waals surface area contributed by atoms with Crippen LogP contribution in [0, 0.1) is 11.2 Å². The van der Waals surface area contributed by atoms with E-state index in [1.54, 1.807) is 0 Å². The van der Waals surface area contributed by atoms with Crippen molar-refractivity contribution < 1.29 is 9.18 Å². The molecule has 0 aliphatic heterocycles. The summed E-state index contributed by atoms with van der Waals surface area (Å²) >= 11 is 0. The van der Waals surface area contributed by atoms with Crippen molar-refractivity contribution in [3.63, 3.8) is 0 Å². The van der Waals surface area contributed by atoms with E-state index in [0.717, 1.165) is 37.7 Å². The van der Waals surface area contributed by atoms with Crippen molar-refractivity contribution in [1.29, 1.82) is 0 Å². The van der Waals surface area contributed by atoms with E-state index in [0.29, 0.717) is 13.1 Å². The Balaban J connectivity index is 0.00000264. The number of nitrogens with two attached hydrogens (primary N) is 1. The van der Waals surface area contributed by atoms with E-state index in [-0.39, 0.29) is 29.5 Å². The lowest BCUT2D eigenvalue weighted by molar-refractivity contribution is -0.131. The molecule has 1 amide bonds. The van der Waals surface area contributed by atoms with Crippen LogP contribution in [0.25, 0.3) is 0 Å². The monoisotopic (exact) mass is 342 g/mol. The van der Waals surface area contributed by atoms with Crippen LogP contribution in [0.1, 0.15) is 51.5 Å². The number of rotatable bonds is 7. The summed E-state index contributed by atoms with van der Waals surface area (Å²) in [5.74, 6) is -0.172. The third kappa shape index (κ3) is 3.86. The van der Waals surface area contributed by atoms with Crippen molar-refractivity contribution in [2.45, 2.75) is 51.4 Å². The van der Waals surface area contributed by atoms with Crippen molar-refractivity contribution in [3.8, 4) is 0 Å². The Bertz CT molecular complexity index is 502. The Morgan fingerprint density at radius 3 is 2.22 bits per heavy atom. The molecular weight excluding hydrogens is 315 g/mol. The molecule has 1 saturated carbocycles. The van der Waals surface area contributed by atoms with Crippen LogP contribution in [0.4, 0.5) is 4.39 Å². The first-order valence-electron chi connectivity index (χ1n) is 8.26. The predicted molar refractivity (Wildman–Crippen MR) is 94.3 cm³/mol. The minimum Gasteiger partial charge on any atom is -0.355 e. The van der Waals surface area contributed by atoms with Crippen LogP contribution in [0.15, 0.2) is 24.3 Å². The van der Waals surface area contributed by atoms with E-state index in [1.807, 2.05) is 26.0 Å². The first-order valence-corrected chi connectivity index (χ1v) is 8.26. The highest BCUT2D eigenvalue weighted by atomic mass is 35.5. The van der Waals surface area contributed by atoms with Gasteiger partial charge in [0.2, 0.25) is 5.91 Å². The van der Waals surface area contributed by atoms with Crippen molar-refractivity contribution >= 4 is 18.3 Å². The zero-order valence-corrected chi connectivity index (χ0v) is 14.8. The standard InChI is InChI=1S/C18H27FN2O.ClH/c1-3-17(4-2,12-20)16(22)21-13-18(10-5-11-18)14-6-8-15(19)9-7-14;/h6-9H,3-5,10-13,20H2,1-2H3,(H,21,22);1H. The molecule has 0 heterocycles. The zero-order valence-electron chi connectivity index (χ0n) is 14.0. The fourth-order valence-corrected chi connectivity index (χ4v) is 3.36.